The summed E-state index contributed by atoms with van der Waals surface area (Å²) in [6.45, 7) is 3.05. The Bertz CT molecular complexity index is 561. The lowest BCUT2D eigenvalue weighted by atomic mass is 9.91. The summed E-state index contributed by atoms with van der Waals surface area (Å²) in [5.41, 5.74) is 1.09. The summed E-state index contributed by atoms with van der Waals surface area (Å²) in [4.78, 5) is 4.07. The van der Waals surface area contributed by atoms with E-state index in [0.29, 0.717) is 0 Å². The van der Waals surface area contributed by atoms with Crippen LogP contribution >= 0.6 is 11.8 Å². The van der Waals surface area contributed by atoms with E-state index in [1.807, 2.05) is 23.9 Å². The highest BCUT2D eigenvalue weighted by molar-refractivity contribution is 7.99. The van der Waals surface area contributed by atoms with Crippen LogP contribution in [0, 0.1) is 5.92 Å². The molecule has 2 aromatic heterocycles. The first-order chi connectivity index (χ1) is 10.4. The molecule has 3 rings (SSSR count). The molecule has 112 valence electrons. The predicted molar refractivity (Wildman–Crippen MR) is 86.2 cm³/mol. The Morgan fingerprint density at radius 2 is 1.90 bits per heavy atom. The lowest BCUT2D eigenvalue weighted by Crippen LogP contribution is -2.09. The monoisotopic (exact) mass is 302 g/mol. The molecule has 0 amide bonds. The van der Waals surface area contributed by atoms with Crippen LogP contribution < -0.4 is 0 Å². The van der Waals surface area contributed by atoms with E-state index < -0.39 is 0 Å². The highest BCUT2D eigenvalue weighted by atomic mass is 32.2. The molecule has 0 spiro atoms. The van der Waals surface area contributed by atoms with Crippen LogP contribution in [0.25, 0.3) is 11.4 Å². The number of pyridine rings is 1. The molecule has 1 fully saturated rings. The van der Waals surface area contributed by atoms with Gasteiger partial charge < -0.3 is 4.57 Å². The van der Waals surface area contributed by atoms with Gasteiger partial charge in [0, 0.05) is 30.3 Å². The lowest BCUT2D eigenvalue weighted by molar-refractivity contribution is 0.390. The molecule has 0 N–H and O–H groups in total. The molecule has 4 nitrogen and oxygen atoms in total. The average Bonchev–Trinajstić information content (AvgIpc) is 2.97. The Hall–Kier alpha value is -1.36. The van der Waals surface area contributed by atoms with Crippen molar-refractivity contribution in [2.24, 2.45) is 5.92 Å². The normalized spacial score (nSPS) is 16.2. The second-order valence-electron chi connectivity index (χ2n) is 5.60. The van der Waals surface area contributed by atoms with Gasteiger partial charge in [0.05, 0.1) is 0 Å². The summed E-state index contributed by atoms with van der Waals surface area (Å²) < 4.78 is 2.21. The van der Waals surface area contributed by atoms with Crippen LogP contribution in [0.1, 0.15) is 39.0 Å². The van der Waals surface area contributed by atoms with Gasteiger partial charge in [-0.05, 0) is 37.8 Å². The summed E-state index contributed by atoms with van der Waals surface area (Å²) in [6.07, 6.45) is 10.6. The number of hydrogen-bond acceptors (Lipinski definition) is 4. The zero-order valence-corrected chi connectivity index (χ0v) is 13.4. The van der Waals surface area contributed by atoms with Gasteiger partial charge in [0.15, 0.2) is 11.0 Å². The highest BCUT2D eigenvalue weighted by Gasteiger charge is 2.17. The van der Waals surface area contributed by atoms with Crippen molar-refractivity contribution in [1.82, 2.24) is 19.7 Å². The quantitative estimate of drug-likeness (QED) is 0.782. The van der Waals surface area contributed by atoms with E-state index in [1.54, 1.807) is 12.4 Å². The van der Waals surface area contributed by atoms with Crippen LogP contribution in [-0.4, -0.2) is 25.5 Å². The second-order valence-corrected chi connectivity index (χ2v) is 6.59. The molecule has 1 saturated carbocycles. The third kappa shape index (κ3) is 3.46. The molecule has 0 atom stereocenters. The van der Waals surface area contributed by atoms with E-state index in [4.69, 9.17) is 0 Å². The molecule has 1 aliphatic carbocycles. The fraction of sp³-hybridized carbons (Fsp3) is 0.562. The highest BCUT2D eigenvalue weighted by Crippen LogP contribution is 2.30. The topological polar surface area (TPSA) is 43.6 Å². The van der Waals surface area contributed by atoms with Crippen LogP contribution in [0.2, 0.25) is 0 Å². The number of aromatic nitrogens is 4. The van der Waals surface area contributed by atoms with Gasteiger partial charge in [0.2, 0.25) is 0 Å². The van der Waals surface area contributed by atoms with E-state index in [1.165, 1.54) is 37.9 Å². The van der Waals surface area contributed by atoms with E-state index in [2.05, 4.69) is 26.7 Å². The SMILES string of the molecule is CCn1c(SCC2CCCCC2)nnc1-c1ccncc1. The van der Waals surface area contributed by atoms with Gasteiger partial charge in [-0.2, -0.15) is 0 Å². The van der Waals surface area contributed by atoms with Crippen LogP contribution in [0.4, 0.5) is 0 Å². The maximum Gasteiger partial charge on any atom is 0.191 e. The van der Waals surface area contributed by atoms with Gasteiger partial charge >= 0.3 is 0 Å². The van der Waals surface area contributed by atoms with E-state index in [0.717, 1.165) is 29.0 Å². The maximum atomic E-state index is 4.40. The first-order valence-electron chi connectivity index (χ1n) is 7.85. The minimum atomic E-state index is 0.857. The van der Waals surface area contributed by atoms with Crippen LogP contribution in [-0.2, 0) is 6.54 Å². The molecule has 0 saturated heterocycles. The molecule has 2 heterocycles. The Morgan fingerprint density at radius 1 is 1.14 bits per heavy atom. The molecular formula is C16H22N4S. The van der Waals surface area contributed by atoms with Crippen molar-refractivity contribution in [2.45, 2.75) is 50.7 Å². The molecule has 0 aliphatic heterocycles. The summed E-state index contributed by atoms with van der Waals surface area (Å²) in [5.74, 6) is 2.98. The van der Waals surface area contributed by atoms with Crippen molar-refractivity contribution >= 4 is 11.8 Å². The molecule has 5 heteroatoms. The molecule has 0 bridgehead atoms. The number of nitrogens with zero attached hydrogens (tertiary/aromatic N) is 4. The lowest BCUT2D eigenvalue weighted by Gasteiger charge is -2.20. The maximum absolute atomic E-state index is 4.40. The Kier molecular flexibility index (Phi) is 4.91. The number of rotatable bonds is 5. The largest absolute Gasteiger partial charge is 0.302 e. The van der Waals surface area contributed by atoms with E-state index in [9.17, 15) is 0 Å². The van der Waals surface area contributed by atoms with Crippen molar-refractivity contribution < 1.29 is 0 Å². The van der Waals surface area contributed by atoms with Crippen molar-refractivity contribution in [2.75, 3.05) is 5.75 Å². The smallest absolute Gasteiger partial charge is 0.191 e. The van der Waals surface area contributed by atoms with Crippen molar-refractivity contribution in [1.29, 1.82) is 0 Å². The molecule has 2 aromatic rings. The van der Waals surface area contributed by atoms with Gasteiger partial charge in [0.25, 0.3) is 0 Å². The van der Waals surface area contributed by atoms with Crippen LogP contribution in [0.5, 0.6) is 0 Å². The number of thioether (sulfide) groups is 1. The first-order valence-corrected chi connectivity index (χ1v) is 8.83. The summed E-state index contributed by atoms with van der Waals surface area (Å²) in [7, 11) is 0. The zero-order valence-electron chi connectivity index (χ0n) is 12.5. The van der Waals surface area contributed by atoms with Gasteiger partial charge in [-0.25, -0.2) is 0 Å². The van der Waals surface area contributed by atoms with Gasteiger partial charge in [0.1, 0.15) is 0 Å². The zero-order chi connectivity index (χ0) is 14.5. The third-order valence-electron chi connectivity index (χ3n) is 4.14. The van der Waals surface area contributed by atoms with E-state index in [-0.39, 0.29) is 0 Å². The third-order valence-corrected chi connectivity index (χ3v) is 5.34. The molecule has 0 aromatic carbocycles. The Labute approximate surface area is 130 Å². The molecule has 0 unspecified atom stereocenters. The van der Waals surface area contributed by atoms with Gasteiger partial charge in [-0.1, -0.05) is 31.0 Å². The molecule has 21 heavy (non-hydrogen) atoms. The first kappa shape index (κ1) is 14.6. The molecule has 0 radical (unpaired) electrons. The van der Waals surface area contributed by atoms with Crippen molar-refractivity contribution in [3.05, 3.63) is 24.5 Å². The molecule has 1 aliphatic rings. The summed E-state index contributed by atoms with van der Waals surface area (Å²) in [5, 5.41) is 9.84. The minimum absolute atomic E-state index is 0.857. The van der Waals surface area contributed by atoms with Gasteiger partial charge in [-0.15, -0.1) is 10.2 Å². The van der Waals surface area contributed by atoms with E-state index >= 15 is 0 Å². The van der Waals surface area contributed by atoms with Crippen LogP contribution in [0.3, 0.4) is 0 Å². The standard InChI is InChI=1S/C16H22N4S/c1-2-20-15(14-8-10-17-11-9-14)18-19-16(20)21-12-13-6-4-3-5-7-13/h8-11,13H,2-7,12H2,1H3. The second kappa shape index (κ2) is 7.07. The predicted octanol–water partition coefficient (Wildman–Crippen LogP) is 4.03. The Morgan fingerprint density at radius 3 is 2.62 bits per heavy atom. The fourth-order valence-corrected chi connectivity index (χ4v) is 4.13. The van der Waals surface area contributed by atoms with Crippen LogP contribution in [0.15, 0.2) is 29.7 Å². The summed E-state index contributed by atoms with van der Waals surface area (Å²) in [6, 6.07) is 3.98. The molecular weight excluding hydrogens is 280 g/mol. The minimum Gasteiger partial charge on any atom is -0.302 e. The Balaban J connectivity index is 1.72. The fourth-order valence-electron chi connectivity index (χ4n) is 2.94. The summed E-state index contributed by atoms with van der Waals surface area (Å²) >= 11 is 1.87. The number of hydrogen-bond donors (Lipinski definition) is 0. The van der Waals surface area contributed by atoms with Crippen molar-refractivity contribution in [3.63, 3.8) is 0 Å². The van der Waals surface area contributed by atoms with Gasteiger partial charge in [-0.3, -0.25) is 4.98 Å². The van der Waals surface area contributed by atoms with Crippen molar-refractivity contribution in [3.8, 4) is 11.4 Å². The average molecular weight is 302 g/mol.